The maximum atomic E-state index is 12.2. The van der Waals surface area contributed by atoms with Crippen molar-refractivity contribution in [3.05, 3.63) is 29.3 Å². The second-order valence-corrected chi connectivity index (χ2v) is 5.93. The first-order chi connectivity index (χ1) is 10.2. The largest absolute Gasteiger partial charge is 0.416 e. The van der Waals surface area contributed by atoms with Crippen LogP contribution in [-0.2, 0) is 6.18 Å². The molecule has 0 fully saturated rings. The Kier molecular flexibility index (Phi) is 9.95. The molecule has 1 unspecified atom stereocenters. The molecule has 0 aliphatic heterocycles. The van der Waals surface area contributed by atoms with Crippen LogP contribution in [0.3, 0.4) is 0 Å². The maximum absolute atomic E-state index is 12.2. The van der Waals surface area contributed by atoms with Gasteiger partial charge in [0.2, 0.25) is 0 Å². The van der Waals surface area contributed by atoms with Gasteiger partial charge in [-0.15, -0.1) is 0 Å². The van der Waals surface area contributed by atoms with Crippen LogP contribution < -0.4 is 5.73 Å². The van der Waals surface area contributed by atoms with Crippen molar-refractivity contribution >= 4 is 5.69 Å². The summed E-state index contributed by atoms with van der Waals surface area (Å²) in [6.07, 6.45) is 4.17. The third-order valence-electron chi connectivity index (χ3n) is 3.81. The minimum Gasteiger partial charge on any atom is -0.399 e. The molecular weight excluding hydrogens is 287 g/mol. The van der Waals surface area contributed by atoms with E-state index >= 15 is 0 Å². The number of aryl methyl sites for hydroxylation is 1. The molecule has 2 N–H and O–H groups in total. The number of benzene rings is 1. The molecule has 1 nitrogen and oxygen atoms in total. The summed E-state index contributed by atoms with van der Waals surface area (Å²) in [5.41, 5.74) is 4.88. The summed E-state index contributed by atoms with van der Waals surface area (Å²) in [7, 11) is 0. The van der Waals surface area contributed by atoms with E-state index in [9.17, 15) is 13.2 Å². The van der Waals surface area contributed by atoms with Crippen molar-refractivity contribution in [2.75, 3.05) is 5.73 Å². The summed E-state index contributed by atoms with van der Waals surface area (Å²) in [6, 6.07) is 3.75. The lowest BCUT2D eigenvalue weighted by atomic mass is 10.0. The van der Waals surface area contributed by atoms with E-state index in [1.165, 1.54) is 57.6 Å². The highest BCUT2D eigenvalue weighted by Gasteiger charge is 2.32. The van der Waals surface area contributed by atoms with Gasteiger partial charge in [0.15, 0.2) is 0 Å². The van der Waals surface area contributed by atoms with Gasteiger partial charge in [-0.05, 0) is 30.5 Å². The lowest BCUT2D eigenvalue weighted by Gasteiger charge is -2.09. The van der Waals surface area contributed by atoms with Gasteiger partial charge >= 0.3 is 6.18 Å². The summed E-state index contributed by atoms with van der Waals surface area (Å²) in [5.74, 6) is 0.955. The van der Waals surface area contributed by atoms with E-state index < -0.39 is 11.7 Å². The van der Waals surface area contributed by atoms with E-state index in [2.05, 4.69) is 20.8 Å². The van der Waals surface area contributed by atoms with Crippen molar-refractivity contribution in [2.45, 2.75) is 72.4 Å². The van der Waals surface area contributed by atoms with E-state index in [4.69, 9.17) is 5.73 Å². The Labute approximate surface area is 133 Å². The lowest BCUT2D eigenvalue weighted by molar-refractivity contribution is -0.138. The minimum atomic E-state index is -4.31. The van der Waals surface area contributed by atoms with Crippen LogP contribution in [-0.4, -0.2) is 0 Å². The second-order valence-electron chi connectivity index (χ2n) is 5.93. The number of hydrogen-bond donors (Lipinski definition) is 1. The van der Waals surface area contributed by atoms with Crippen LogP contribution >= 0.6 is 0 Å². The average Bonchev–Trinajstić information content (AvgIpc) is 2.45. The molecule has 0 saturated heterocycles. The van der Waals surface area contributed by atoms with Crippen molar-refractivity contribution in [1.82, 2.24) is 0 Å². The molecule has 1 aromatic rings. The highest BCUT2D eigenvalue weighted by molar-refractivity contribution is 5.45. The van der Waals surface area contributed by atoms with E-state index in [0.29, 0.717) is 0 Å². The number of halogens is 3. The molecule has 0 aliphatic carbocycles. The Morgan fingerprint density at radius 3 is 2.18 bits per heavy atom. The second kappa shape index (κ2) is 10.5. The van der Waals surface area contributed by atoms with Gasteiger partial charge in [-0.2, -0.15) is 13.2 Å². The smallest absolute Gasteiger partial charge is 0.399 e. The molecule has 0 heterocycles. The first-order valence-electron chi connectivity index (χ1n) is 8.15. The molecule has 1 aromatic carbocycles. The van der Waals surface area contributed by atoms with Gasteiger partial charge in [-0.3, -0.25) is 0 Å². The lowest BCUT2D eigenvalue weighted by Crippen LogP contribution is -2.07. The normalized spacial score (nSPS) is 12.5. The summed E-state index contributed by atoms with van der Waals surface area (Å²) in [5, 5.41) is 0. The molecule has 22 heavy (non-hydrogen) atoms. The van der Waals surface area contributed by atoms with Gasteiger partial charge in [0.1, 0.15) is 0 Å². The Morgan fingerprint density at radius 1 is 1.09 bits per heavy atom. The maximum Gasteiger partial charge on any atom is 0.416 e. The summed E-state index contributed by atoms with van der Waals surface area (Å²) in [6.45, 7) is 8.31. The highest BCUT2D eigenvalue weighted by Crippen LogP contribution is 2.32. The fourth-order valence-electron chi connectivity index (χ4n) is 2.07. The van der Waals surface area contributed by atoms with E-state index in [1.807, 2.05) is 0 Å². The average molecular weight is 317 g/mol. The molecule has 0 spiro atoms. The SMILES string of the molecule is CCCCCCC(C)CC.Cc1ccc(N)cc1C(F)(F)F. The van der Waals surface area contributed by atoms with Crippen LogP contribution in [0.15, 0.2) is 18.2 Å². The number of nitrogens with two attached hydrogens (primary N) is 1. The number of nitrogen functional groups attached to an aromatic ring is 1. The van der Waals surface area contributed by atoms with E-state index in [0.717, 1.165) is 12.0 Å². The molecule has 4 heteroatoms. The molecule has 0 amide bonds. The van der Waals surface area contributed by atoms with Gasteiger partial charge in [0, 0.05) is 5.69 Å². The zero-order valence-electron chi connectivity index (χ0n) is 14.3. The number of rotatable bonds is 6. The summed E-state index contributed by atoms with van der Waals surface area (Å²) in [4.78, 5) is 0. The standard InChI is InChI=1S/C10H22.C8H8F3N/c1-4-6-7-8-9-10(3)5-2;1-5-2-3-6(12)4-7(5)8(9,10)11/h10H,4-9H2,1-3H3;2-4H,12H2,1H3. The quantitative estimate of drug-likeness (QED) is 0.464. The molecule has 1 atom stereocenters. The topological polar surface area (TPSA) is 26.0 Å². The fourth-order valence-corrected chi connectivity index (χ4v) is 2.07. The van der Waals surface area contributed by atoms with Crippen LogP contribution in [0.25, 0.3) is 0 Å². The predicted octanol–water partition coefficient (Wildman–Crippen LogP) is 6.60. The first-order valence-corrected chi connectivity index (χ1v) is 8.15. The third-order valence-corrected chi connectivity index (χ3v) is 3.81. The summed E-state index contributed by atoms with van der Waals surface area (Å²) < 4.78 is 36.5. The van der Waals surface area contributed by atoms with E-state index in [-0.39, 0.29) is 11.3 Å². The van der Waals surface area contributed by atoms with Crippen molar-refractivity contribution in [3.8, 4) is 0 Å². The Bertz CT molecular complexity index is 413. The zero-order chi connectivity index (χ0) is 17.2. The third kappa shape index (κ3) is 8.96. The van der Waals surface area contributed by atoms with Gasteiger partial charge in [-0.1, -0.05) is 65.4 Å². The number of unbranched alkanes of at least 4 members (excludes halogenated alkanes) is 3. The summed E-state index contributed by atoms with van der Waals surface area (Å²) >= 11 is 0. The molecule has 0 radical (unpaired) electrons. The van der Waals surface area contributed by atoms with Crippen molar-refractivity contribution < 1.29 is 13.2 Å². The molecular formula is C18H30F3N. The van der Waals surface area contributed by atoms with Gasteiger partial charge in [0.25, 0.3) is 0 Å². The van der Waals surface area contributed by atoms with Crippen LogP contribution in [0.1, 0.15) is 70.4 Å². The number of anilines is 1. The van der Waals surface area contributed by atoms with Gasteiger partial charge in [0.05, 0.1) is 5.56 Å². The van der Waals surface area contributed by atoms with Crippen molar-refractivity contribution in [1.29, 1.82) is 0 Å². The fraction of sp³-hybridized carbons (Fsp3) is 0.667. The number of alkyl halides is 3. The minimum absolute atomic E-state index is 0.132. The highest BCUT2D eigenvalue weighted by atomic mass is 19.4. The molecule has 0 saturated carbocycles. The Morgan fingerprint density at radius 2 is 1.73 bits per heavy atom. The van der Waals surface area contributed by atoms with Crippen LogP contribution in [0.2, 0.25) is 0 Å². The van der Waals surface area contributed by atoms with Gasteiger partial charge < -0.3 is 5.73 Å². The molecule has 128 valence electrons. The van der Waals surface area contributed by atoms with Crippen LogP contribution in [0, 0.1) is 12.8 Å². The molecule has 0 bridgehead atoms. The molecule has 0 aromatic heterocycles. The zero-order valence-corrected chi connectivity index (χ0v) is 14.3. The first kappa shape index (κ1) is 20.8. The van der Waals surface area contributed by atoms with Crippen LogP contribution in [0.4, 0.5) is 18.9 Å². The molecule has 0 aliphatic rings. The van der Waals surface area contributed by atoms with Gasteiger partial charge in [-0.25, -0.2) is 0 Å². The molecule has 1 rings (SSSR count). The van der Waals surface area contributed by atoms with Crippen molar-refractivity contribution in [3.63, 3.8) is 0 Å². The Hall–Kier alpha value is -1.19. The van der Waals surface area contributed by atoms with Crippen LogP contribution in [0.5, 0.6) is 0 Å². The predicted molar refractivity (Wildman–Crippen MR) is 88.8 cm³/mol. The van der Waals surface area contributed by atoms with E-state index in [1.54, 1.807) is 0 Å². The monoisotopic (exact) mass is 317 g/mol. The van der Waals surface area contributed by atoms with Crippen molar-refractivity contribution in [2.24, 2.45) is 5.92 Å². The number of hydrogen-bond acceptors (Lipinski definition) is 1. The Balaban J connectivity index is 0.000000409.